The highest BCUT2D eigenvalue weighted by Crippen LogP contribution is 2.21. The fourth-order valence-electron chi connectivity index (χ4n) is 3.34. The van der Waals surface area contributed by atoms with E-state index in [-0.39, 0.29) is 11.8 Å². The van der Waals surface area contributed by atoms with Crippen molar-refractivity contribution in [2.75, 3.05) is 25.0 Å². The predicted octanol–water partition coefficient (Wildman–Crippen LogP) is 4.24. The first-order valence-corrected chi connectivity index (χ1v) is 10.4. The first-order chi connectivity index (χ1) is 14.7. The Balaban J connectivity index is 1.43. The van der Waals surface area contributed by atoms with E-state index in [0.717, 1.165) is 31.1 Å². The predicted molar refractivity (Wildman–Crippen MR) is 114 cm³/mol. The SMILES string of the molecule is CC(C)(C)OC(=O)N1CCC(CNCc2cc(Nc3ccc(F)cc3F)ncn2)CC1. The van der Waals surface area contributed by atoms with Gasteiger partial charge in [0.1, 0.15) is 29.4 Å². The number of benzene rings is 1. The minimum atomic E-state index is -0.684. The van der Waals surface area contributed by atoms with Crippen molar-refractivity contribution in [3.05, 3.63) is 47.9 Å². The van der Waals surface area contributed by atoms with Crippen molar-refractivity contribution < 1.29 is 18.3 Å². The third-order valence-corrected chi connectivity index (χ3v) is 4.92. The number of nitrogens with one attached hydrogen (secondary N) is 2. The van der Waals surface area contributed by atoms with Gasteiger partial charge in [-0.1, -0.05) is 0 Å². The lowest BCUT2D eigenvalue weighted by atomic mass is 9.97. The largest absolute Gasteiger partial charge is 0.444 e. The molecule has 168 valence electrons. The molecule has 2 N–H and O–H groups in total. The van der Waals surface area contributed by atoms with E-state index in [1.54, 1.807) is 11.0 Å². The van der Waals surface area contributed by atoms with Crippen LogP contribution in [0.4, 0.5) is 25.1 Å². The molecule has 3 rings (SSSR count). The molecule has 2 aromatic rings. The van der Waals surface area contributed by atoms with Crippen LogP contribution in [0.3, 0.4) is 0 Å². The van der Waals surface area contributed by atoms with Crippen molar-refractivity contribution >= 4 is 17.6 Å². The number of nitrogens with zero attached hydrogens (tertiary/aromatic N) is 3. The average molecular weight is 434 g/mol. The van der Waals surface area contributed by atoms with E-state index in [4.69, 9.17) is 4.74 Å². The van der Waals surface area contributed by atoms with E-state index in [0.29, 0.717) is 31.4 Å². The summed E-state index contributed by atoms with van der Waals surface area (Å²) < 4.78 is 32.3. The molecule has 7 nitrogen and oxygen atoms in total. The molecule has 0 spiro atoms. The van der Waals surface area contributed by atoms with Crippen LogP contribution in [-0.2, 0) is 11.3 Å². The summed E-state index contributed by atoms with van der Waals surface area (Å²) in [6, 6.07) is 5.05. The smallest absolute Gasteiger partial charge is 0.410 e. The highest BCUT2D eigenvalue weighted by molar-refractivity contribution is 5.68. The molecular formula is C22H29F2N5O2. The molecule has 0 atom stereocenters. The second kappa shape index (κ2) is 10.00. The molecule has 1 aromatic heterocycles. The van der Waals surface area contributed by atoms with E-state index in [1.165, 1.54) is 18.5 Å². The van der Waals surface area contributed by atoms with Crippen LogP contribution < -0.4 is 10.6 Å². The quantitative estimate of drug-likeness (QED) is 0.710. The van der Waals surface area contributed by atoms with Crippen molar-refractivity contribution in [1.82, 2.24) is 20.2 Å². The average Bonchev–Trinajstić information content (AvgIpc) is 2.70. The Kier molecular flexibility index (Phi) is 7.37. The zero-order chi connectivity index (χ0) is 22.4. The lowest BCUT2D eigenvalue weighted by Gasteiger charge is -2.33. The third-order valence-electron chi connectivity index (χ3n) is 4.92. The van der Waals surface area contributed by atoms with Crippen molar-refractivity contribution in [2.24, 2.45) is 5.92 Å². The number of amides is 1. The zero-order valence-corrected chi connectivity index (χ0v) is 18.1. The summed E-state index contributed by atoms with van der Waals surface area (Å²) in [6.07, 6.45) is 2.97. The van der Waals surface area contributed by atoms with Gasteiger partial charge in [0, 0.05) is 31.8 Å². The van der Waals surface area contributed by atoms with Crippen LogP contribution in [-0.4, -0.2) is 46.2 Å². The van der Waals surface area contributed by atoms with Gasteiger partial charge in [-0.3, -0.25) is 0 Å². The van der Waals surface area contributed by atoms with E-state index < -0.39 is 17.2 Å². The molecule has 1 amide bonds. The number of ether oxygens (including phenoxy) is 1. The molecule has 9 heteroatoms. The number of carbonyl (C=O) groups excluding carboxylic acids is 1. The van der Waals surface area contributed by atoms with Gasteiger partial charge in [0.15, 0.2) is 0 Å². The van der Waals surface area contributed by atoms with E-state index in [9.17, 15) is 13.6 Å². The van der Waals surface area contributed by atoms with Crippen molar-refractivity contribution in [3.8, 4) is 0 Å². The second-order valence-corrected chi connectivity index (χ2v) is 8.69. The summed E-state index contributed by atoms with van der Waals surface area (Å²) in [5.41, 5.74) is 0.422. The molecule has 1 saturated heterocycles. The molecule has 0 aliphatic carbocycles. The Morgan fingerprint density at radius 1 is 1.19 bits per heavy atom. The molecular weight excluding hydrogens is 404 g/mol. The maximum atomic E-state index is 13.8. The molecule has 1 aliphatic heterocycles. The number of carbonyl (C=O) groups is 1. The highest BCUT2D eigenvalue weighted by atomic mass is 19.1. The summed E-state index contributed by atoms with van der Waals surface area (Å²) in [7, 11) is 0. The van der Waals surface area contributed by atoms with Crippen molar-refractivity contribution in [1.29, 1.82) is 0 Å². The van der Waals surface area contributed by atoms with Gasteiger partial charge in [0.2, 0.25) is 0 Å². The molecule has 0 saturated carbocycles. The lowest BCUT2D eigenvalue weighted by molar-refractivity contribution is 0.0184. The zero-order valence-electron chi connectivity index (χ0n) is 18.1. The van der Waals surface area contributed by atoms with Gasteiger partial charge in [0.05, 0.1) is 11.4 Å². The summed E-state index contributed by atoms with van der Waals surface area (Å²) >= 11 is 0. The van der Waals surface area contributed by atoms with Crippen LogP contribution in [0.25, 0.3) is 0 Å². The number of rotatable bonds is 6. The number of halogens is 2. The van der Waals surface area contributed by atoms with Gasteiger partial charge in [-0.2, -0.15) is 0 Å². The molecule has 0 unspecified atom stereocenters. The normalized spacial score (nSPS) is 15.1. The Morgan fingerprint density at radius 2 is 1.94 bits per heavy atom. The molecule has 0 radical (unpaired) electrons. The van der Waals surface area contributed by atoms with E-state index in [2.05, 4.69) is 20.6 Å². The molecule has 1 aromatic carbocycles. The number of hydrogen-bond acceptors (Lipinski definition) is 6. The van der Waals surface area contributed by atoms with Crippen LogP contribution in [0.15, 0.2) is 30.6 Å². The van der Waals surface area contributed by atoms with Crippen LogP contribution in [0.5, 0.6) is 0 Å². The Labute approximate surface area is 181 Å². The maximum absolute atomic E-state index is 13.8. The van der Waals surface area contributed by atoms with E-state index >= 15 is 0 Å². The Hall–Kier alpha value is -2.81. The van der Waals surface area contributed by atoms with Gasteiger partial charge < -0.3 is 20.3 Å². The lowest BCUT2D eigenvalue weighted by Crippen LogP contribution is -2.43. The summed E-state index contributed by atoms with van der Waals surface area (Å²) in [5.74, 6) is -0.419. The van der Waals surface area contributed by atoms with Crippen LogP contribution in [0.2, 0.25) is 0 Å². The first kappa shape index (κ1) is 22.9. The molecule has 2 heterocycles. The molecule has 1 fully saturated rings. The second-order valence-electron chi connectivity index (χ2n) is 8.69. The van der Waals surface area contributed by atoms with Gasteiger partial charge in [-0.15, -0.1) is 0 Å². The van der Waals surface area contributed by atoms with Crippen LogP contribution in [0.1, 0.15) is 39.3 Å². The fraction of sp³-hybridized carbons (Fsp3) is 0.500. The number of likely N-dealkylation sites (tertiary alicyclic amines) is 1. The summed E-state index contributed by atoms with van der Waals surface area (Å²) in [6.45, 7) is 8.32. The molecule has 31 heavy (non-hydrogen) atoms. The highest BCUT2D eigenvalue weighted by Gasteiger charge is 2.26. The fourth-order valence-corrected chi connectivity index (χ4v) is 3.34. The van der Waals surface area contributed by atoms with Crippen LogP contribution >= 0.6 is 0 Å². The minimum absolute atomic E-state index is 0.149. The Bertz CT molecular complexity index is 896. The summed E-state index contributed by atoms with van der Waals surface area (Å²) in [4.78, 5) is 22.2. The Morgan fingerprint density at radius 3 is 2.61 bits per heavy atom. The number of hydrogen-bond donors (Lipinski definition) is 2. The van der Waals surface area contributed by atoms with E-state index in [1.807, 2.05) is 20.8 Å². The monoisotopic (exact) mass is 433 g/mol. The van der Waals surface area contributed by atoms with Gasteiger partial charge in [0.25, 0.3) is 0 Å². The van der Waals surface area contributed by atoms with Gasteiger partial charge in [-0.25, -0.2) is 23.5 Å². The number of aromatic nitrogens is 2. The molecule has 1 aliphatic rings. The number of piperidine rings is 1. The van der Waals surface area contributed by atoms with Gasteiger partial charge >= 0.3 is 6.09 Å². The maximum Gasteiger partial charge on any atom is 0.410 e. The topological polar surface area (TPSA) is 79.4 Å². The minimum Gasteiger partial charge on any atom is -0.444 e. The van der Waals surface area contributed by atoms with Gasteiger partial charge in [-0.05, 0) is 58.2 Å². The van der Waals surface area contributed by atoms with Crippen molar-refractivity contribution in [2.45, 2.75) is 45.8 Å². The molecule has 0 bridgehead atoms. The third kappa shape index (κ3) is 7.13. The summed E-state index contributed by atoms with van der Waals surface area (Å²) in [5, 5.41) is 6.23. The van der Waals surface area contributed by atoms with Crippen molar-refractivity contribution in [3.63, 3.8) is 0 Å². The standard InChI is InChI=1S/C22H29F2N5O2/c1-22(2,3)31-21(30)29-8-6-15(7-9-29)12-25-13-17-11-20(27-14-26-17)28-19-5-4-16(23)10-18(19)24/h4-5,10-11,14-15,25H,6-9,12-13H2,1-3H3,(H,26,27,28). The first-order valence-electron chi connectivity index (χ1n) is 10.4. The number of anilines is 2. The van der Waals surface area contributed by atoms with Crippen LogP contribution in [0, 0.1) is 17.6 Å².